The normalized spacial score (nSPS) is 10.9. The molecular weight excluding hydrogens is 433 g/mol. The first-order chi connectivity index (χ1) is 11.1. The molecule has 2 aromatic rings. The Balaban J connectivity index is 0.00000288. The van der Waals surface area contributed by atoms with E-state index in [9.17, 15) is 0 Å². The molecule has 0 spiro atoms. The van der Waals surface area contributed by atoms with Crippen LogP contribution in [0.2, 0.25) is 0 Å². The molecule has 0 saturated carbocycles. The molecular formula is C17H26IN5S. The fourth-order valence-corrected chi connectivity index (χ4v) is 3.06. The summed E-state index contributed by atoms with van der Waals surface area (Å²) in [5, 5.41) is 8.81. The van der Waals surface area contributed by atoms with Gasteiger partial charge in [-0.2, -0.15) is 0 Å². The van der Waals surface area contributed by atoms with Crippen LogP contribution in [-0.2, 0) is 13.1 Å². The van der Waals surface area contributed by atoms with E-state index < -0.39 is 0 Å². The number of rotatable bonds is 6. The predicted octanol–water partition coefficient (Wildman–Crippen LogP) is 3.39. The van der Waals surface area contributed by atoms with Gasteiger partial charge in [0.1, 0.15) is 5.82 Å². The zero-order chi connectivity index (χ0) is 16.7. The number of aliphatic imine (C=N–C) groups is 1. The SMILES string of the molecule is CCNC(=NCc1cccnc1N(C)C)NCc1sccc1C.I. The second kappa shape index (κ2) is 10.5. The number of nitrogens with one attached hydrogen (secondary N) is 2. The lowest BCUT2D eigenvalue weighted by molar-refractivity contribution is 0.819. The quantitative estimate of drug-likeness (QED) is 0.395. The van der Waals surface area contributed by atoms with Crippen LogP contribution in [0.3, 0.4) is 0 Å². The molecule has 0 amide bonds. The van der Waals surface area contributed by atoms with E-state index in [4.69, 9.17) is 0 Å². The van der Waals surface area contributed by atoms with E-state index in [0.717, 1.165) is 30.4 Å². The van der Waals surface area contributed by atoms with Crippen LogP contribution in [0.15, 0.2) is 34.8 Å². The highest BCUT2D eigenvalue weighted by Crippen LogP contribution is 2.16. The summed E-state index contributed by atoms with van der Waals surface area (Å²) in [6.45, 7) is 6.44. The second-order valence-corrected chi connectivity index (χ2v) is 6.46. The van der Waals surface area contributed by atoms with Gasteiger partial charge in [0.15, 0.2) is 5.96 Å². The standard InChI is InChI=1S/C17H25N5S.HI/c1-5-18-17(21-12-15-13(2)8-10-23-15)20-11-14-7-6-9-19-16(14)22(3)4;/h6-10H,5,11-12H2,1-4H3,(H2,18,20,21);1H. The van der Waals surface area contributed by atoms with E-state index in [-0.39, 0.29) is 24.0 Å². The molecule has 0 aliphatic carbocycles. The van der Waals surface area contributed by atoms with Crippen LogP contribution in [0.1, 0.15) is 22.9 Å². The van der Waals surface area contributed by atoms with E-state index in [1.807, 2.05) is 31.3 Å². The lowest BCUT2D eigenvalue weighted by Gasteiger charge is -2.15. The van der Waals surface area contributed by atoms with Crippen molar-refractivity contribution in [3.05, 3.63) is 45.8 Å². The molecule has 2 aromatic heterocycles. The third-order valence-corrected chi connectivity index (χ3v) is 4.45. The Bertz CT molecular complexity index is 654. The topological polar surface area (TPSA) is 52.6 Å². The minimum Gasteiger partial charge on any atom is -0.362 e. The maximum atomic E-state index is 4.69. The summed E-state index contributed by atoms with van der Waals surface area (Å²) in [7, 11) is 4.00. The van der Waals surface area contributed by atoms with Gasteiger partial charge in [-0.25, -0.2) is 9.98 Å². The highest BCUT2D eigenvalue weighted by molar-refractivity contribution is 14.0. The van der Waals surface area contributed by atoms with Crippen LogP contribution in [0.5, 0.6) is 0 Å². The molecule has 0 aliphatic rings. The first kappa shape index (κ1) is 20.7. The van der Waals surface area contributed by atoms with Crippen molar-refractivity contribution in [2.75, 3.05) is 25.5 Å². The van der Waals surface area contributed by atoms with Crippen molar-refractivity contribution in [1.82, 2.24) is 15.6 Å². The highest BCUT2D eigenvalue weighted by atomic mass is 127. The Hall–Kier alpha value is -1.35. The minimum absolute atomic E-state index is 0. The summed E-state index contributed by atoms with van der Waals surface area (Å²) in [4.78, 5) is 12.5. The molecule has 24 heavy (non-hydrogen) atoms. The highest BCUT2D eigenvalue weighted by Gasteiger charge is 2.06. The van der Waals surface area contributed by atoms with E-state index in [0.29, 0.717) is 6.54 Å². The number of pyridine rings is 1. The number of anilines is 1. The first-order valence-corrected chi connectivity index (χ1v) is 8.66. The summed E-state index contributed by atoms with van der Waals surface area (Å²) >= 11 is 1.77. The second-order valence-electron chi connectivity index (χ2n) is 5.46. The van der Waals surface area contributed by atoms with E-state index in [1.165, 1.54) is 10.4 Å². The Morgan fingerprint density at radius 3 is 2.71 bits per heavy atom. The molecule has 5 nitrogen and oxygen atoms in total. The van der Waals surface area contributed by atoms with Crippen LogP contribution in [0, 0.1) is 6.92 Å². The van der Waals surface area contributed by atoms with Crippen molar-refractivity contribution >= 4 is 47.1 Å². The Kier molecular flexibility index (Phi) is 9.05. The summed E-state index contributed by atoms with van der Waals surface area (Å²) < 4.78 is 0. The zero-order valence-corrected chi connectivity index (χ0v) is 17.8. The Labute approximate surface area is 165 Å². The van der Waals surface area contributed by atoms with Gasteiger partial charge in [-0.3, -0.25) is 0 Å². The monoisotopic (exact) mass is 459 g/mol. The lowest BCUT2D eigenvalue weighted by Crippen LogP contribution is -2.36. The maximum Gasteiger partial charge on any atom is 0.191 e. The molecule has 132 valence electrons. The predicted molar refractivity (Wildman–Crippen MR) is 115 cm³/mol. The molecule has 0 fully saturated rings. The van der Waals surface area contributed by atoms with Gasteiger partial charge >= 0.3 is 0 Å². The zero-order valence-electron chi connectivity index (χ0n) is 14.7. The third-order valence-electron chi connectivity index (χ3n) is 3.43. The molecule has 0 saturated heterocycles. The average Bonchev–Trinajstić information content (AvgIpc) is 2.95. The summed E-state index contributed by atoms with van der Waals surface area (Å²) in [5.41, 5.74) is 2.43. The first-order valence-electron chi connectivity index (χ1n) is 7.78. The smallest absolute Gasteiger partial charge is 0.191 e. The van der Waals surface area contributed by atoms with Crippen molar-refractivity contribution in [2.24, 2.45) is 4.99 Å². The molecule has 0 aromatic carbocycles. The molecule has 0 aliphatic heterocycles. The molecule has 2 rings (SSSR count). The van der Waals surface area contributed by atoms with Gasteiger partial charge in [0, 0.05) is 37.3 Å². The van der Waals surface area contributed by atoms with Crippen molar-refractivity contribution in [1.29, 1.82) is 0 Å². The van der Waals surface area contributed by atoms with Gasteiger partial charge in [0.25, 0.3) is 0 Å². The summed E-state index contributed by atoms with van der Waals surface area (Å²) in [6.07, 6.45) is 1.81. The van der Waals surface area contributed by atoms with Gasteiger partial charge < -0.3 is 15.5 Å². The fraction of sp³-hybridized carbons (Fsp3) is 0.412. The molecule has 0 atom stereocenters. The third kappa shape index (κ3) is 5.94. The van der Waals surface area contributed by atoms with Crippen molar-refractivity contribution < 1.29 is 0 Å². The van der Waals surface area contributed by atoms with Gasteiger partial charge in [0.05, 0.1) is 13.1 Å². The molecule has 0 bridgehead atoms. The number of hydrogen-bond acceptors (Lipinski definition) is 4. The van der Waals surface area contributed by atoms with Crippen LogP contribution in [0.25, 0.3) is 0 Å². The van der Waals surface area contributed by atoms with Crippen molar-refractivity contribution in [3.63, 3.8) is 0 Å². The van der Waals surface area contributed by atoms with Crippen LogP contribution in [0.4, 0.5) is 5.82 Å². The fourth-order valence-electron chi connectivity index (χ4n) is 2.21. The molecule has 7 heteroatoms. The van der Waals surface area contributed by atoms with E-state index in [1.54, 1.807) is 11.3 Å². The lowest BCUT2D eigenvalue weighted by atomic mass is 10.2. The number of thiophene rings is 1. The number of aromatic nitrogens is 1. The van der Waals surface area contributed by atoms with Gasteiger partial charge in [-0.15, -0.1) is 35.3 Å². The average molecular weight is 459 g/mol. The van der Waals surface area contributed by atoms with Gasteiger partial charge in [0.2, 0.25) is 0 Å². The van der Waals surface area contributed by atoms with Gasteiger partial charge in [-0.1, -0.05) is 6.07 Å². The minimum atomic E-state index is 0. The molecule has 0 unspecified atom stereocenters. The maximum absolute atomic E-state index is 4.69. The van der Waals surface area contributed by atoms with Crippen molar-refractivity contribution in [2.45, 2.75) is 26.9 Å². The van der Waals surface area contributed by atoms with Crippen molar-refractivity contribution in [3.8, 4) is 0 Å². The summed E-state index contributed by atoms with van der Waals surface area (Å²) in [6, 6.07) is 6.16. The summed E-state index contributed by atoms with van der Waals surface area (Å²) in [5.74, 6) is 1.79. The number of guanidine groups is 1. The number of nitrogens with zero attached hydrogens (tertiary/aromatic N) is 3. The van der Waals surface area contributed by atoms with E-state index in [2.05, 4.69) is 52.0 Å². The number of halogens is 1. The molecule has 2 N–H and O–H groups in total. The van der Waals surface area contributed by atoms with Crippen LogP contribution in [-0.4, -0.2) is 31.6 Å². The largest absolute Gasteiger partial charge is 0.362 e. The molecule has 2 heterocycles. The van der Waals surface area contributed by atoms with Gasteiger partial charge in [-0.05, 0) is 36.9 Å². The van der Waals surface area contributed by atoms with E-state index >= 15 is 0 Å². The van der Waals surface area contributed by atoms with Crippen LogP contribution >= 0.6 is 35.3 Å². The Morgan fingerprint density at radius 1 is 1.29 bits per heavy atom. The van der Waals surface area contributed by atoms with Crippen LogP contribution < -0.4 is 15.5 Å². The number of aryl methyl sites for hydroxylation is 1. The molecule has 0 radical (unpaired) electrons. The Morgan fingerprint density at radius 2 is 2.08 bits per heavy atom. The number of hydrogen-bond donors (Lipinski definition) is 2.